The first-order chi connectivity index (χ1) is 23.7. The van der Waals surface area contributed by atoms with Crippen molar-refractivity contribution < 1.29 is 43.1 Å². The highest BCUT2D eigenvalue weighted by atomic mass is 16.5. The molecule has 4 aromatic carbocycles. The molecule has 0 fully saturated rings. The third kappa shape index (κ3) is 14.5. The van der Waals surface area contributed by atoms with Crippen LogP contribution in [0.25, 0.3) is 0 Å². The molecule has 4 N–H and O–H groups in total. The number of carboxylic acids is 1. The molecule has 11 nitrogen and oxygen atoms in total. The summed E-state index contributed by atoms with van der Waals surface area (Å²) in [5, 5.41) is 11.4. The normalized spacial score (nSPS) is 9.86. The van der Waals surface area contributed by atoms with Gasteiger partial charge in [-0.15, -0.1) is 0 Å². The number of ether oxygens (including phenoxy) is 6. The second kappa shape index (κ2) is 22.2. The predicted molar refractivity (Wildman–Crippen MR) is 190 cm³/mol. The maximum atomic E-state index is 12.0. The van der Waals surface area contributed by atoms with E-state index in [2.05, 4.69) is 5.32 Å². The monoisotopic (exact) mass is 676 g/mol. The molecule has 49 heavy (non-hydrogen) atoms. The molecular weight excluding hydrogens is 628 g/mol. The zero-order chi connectivity index (χ0) is 36.0. The molecule has 4 rings (SSSR count). The quantitative estimate of drug-likeness (QED) is 0.155. The van der Waals surface area contributed by atoms with Crippen LogP contribution in [0.4, 0.5) is 0 Å². The van der Waals surface area contributed by atoms with Crippen molar-refractivity contribution in [2.75, 3.05) is 55.7 Å². The standard InChI is InChI=1S/C19H23NO4.C10H15NO2.C9H10O3/c1-22-16-7-4-14(5-8-16)13-19(21)20-11-10-15-6-9-17(23-2)18(12-15)24-3;1-12-9-4-3-8(5-6-11)7-10(9)13-2;1-12-8-4-2-7(3-5-8)6-9(10)11/h4-9,12H,10-11,13H2,1-3H3,(H,20,21);3-4,7H,5-6,11H2,1-2H3;2-5H,6H2,1H3,(H,10,11). The van der Waals surface area contributed by atoms with Crippen LogP contribution in [0.5, 0.6) is 34.5 Å². The average molecular weight is 677 g/mol. The van der Waals surface area contributed by atoms with E-state index in [4.69, 9.17) is 39.3 Å². The van der Waals surface area contributed by atoms with E-state index in [1.807, 2.05) is 60.7 Å². The lowest BCUT2D eigenvalue weighted by atomic mass is 10.1. The minimum atomic E-state index is -0.819. The van der Waals surface area contributed by atoms with Gasteiger partial charge in [-0.3, -0.25) is 9.59 Å². The van der Waals surface area contributed by atoms with Gasteiger partial charge in [-0.05, 0) is 90.2 Å². The Kier molecular flexibility index (Phi) is 18.0. The van der Waals surface area contributed by atoms with Crippen LogP contribution < -0.4 is 39.5 Å². The van der Waals surface area contributed by atoms with Gasteiger partial charge >= 0.3 is 5.97 Å². The summed E-state index contributed by atoms with van der Waals surface area (Å²) in [6.45, 7) is 1.22. The van der Waals surface area contributed by atoms with Crippen molar-refractivity contribution in [3.8, 4) is 34.5 Å². The van der Waals surface area contributed by atoms with Crippen LogP contribution in [0.2, 0.25) is 0 Å². The second-order valence-corrected chi connectivity index (χ2v) is 10.5. The lowest BCUT2D eigenvalue weighted by molar-refractivity contribution is -0.136. The molecule has 0 heterocycles. The minimum absolute atomic E-state index is 0.000596. The fourth-order valence-corrected chi connectivity index (χ4v) is 4.49. The molecule has 0 saturated carbocycles. The predicted octanol–water partition coefficient (Wildman–Crippen LogP) is 5.14. The molecule has 0 unspecified atom stereocenters. The fourth-order valence-electron chi connectivity index (χ4n) is 4.49. The van der Waals surface area contributed by atoms with E-state index in [9.17, 15) is 9.59 Å². The summed E-state index contributed by atoms with van der Waals surface area (Å²) in [4.78, 5) is 22.3. The van der Waals surface area contributed by atoms with Crippen LogP contribution in [-0.4, -0.2) is 72.7 Å². The number of nitrogens with two attached hydrogens (primary N) is 1. The van der Waals surface area contributed by atoms with Crippen LogP contribution in [0.15, 0.2) is 84.9 Å². The van der Waals surface area contributed by atoms with Gasteiger partial charge in [0.2, 0.25) is 5.91 Å². The molecule has 1 amide bonds. The number of benzene rings is 4. The van der Waals surface area contributed by atoms with Crippen LogP contribution in [-0.2, 0) is 35.3 Å². The van der Waals surface area contributed by atoms with E-state index in [0.717, 1.165) is 52.5 Å². The second-order valence-electron chi connectivity index (χ2n) is 10.5. The summed E-state index contributed by atoms with van der Waals surface area (Å²) in [7, 11) is 9.67. The van der Waals surface area contributed by atoms with E-state index >= 15 is 0 Å². The van der Waals surface area contributed by atoms with Crippen LogP contribution in [0, 0.1) is 0 Å². The minimum Gasteiger partial charge on any atom is -0.497 e. The van der Waals surface area contributed by atoms with Crippen molar-refractivity contribution in [2.24, 2.45) is 5.73 Å². The molecule has 0 spiro atoms. The largest absolute Gasteiger partial charge is 0.497 e. The van der Waals surface area contributed by atoms with Crippen molar-refractivity contribution >= 4 is 11.9 Å². The number of hydrogen-bond acceptors (Lipinski definition) is 9. The Morgan fingerprint density at radius 2 is 0.959 bits per heavy atom. The molecule has 0 saturated heterocycles. The summed E-state index contributed by atoms with van der Waals surface area (Å²) >= 11 is 0. The smallest absolute Gasteiger partial charge is 0.307 e. The zero-order valence-electron chi connectivity index (χ0n) is 29.1. The molecule has 264 valence electrons. The molecule has 0 radical (unpaired) electrons. The molecule has 0 bridgehead atoms. The van der Waals surface area contributed by atoms with Gasteiger partial charge in [0, 0.05) is 6.54 Å². The number of methoxy groups -OCH3 is 6. The third-order valence-corrected chi connectivity index (χ3v) is 7.10. The van der Waals surface area contributed by atoms with Gasteiger partial charge in [0.15, 0.2) is 23.0 Å². The highest BCUT2D eigenvalue weighted by Gasteiger charge is 2.07. The van der Waals surface area contributed by atoms with Crippen molar-refractivity contribution in [1.29, 1.82) is 0 Å². The highest BCUT2D eigenvalue weighted by Crippen LogP contribution is 2.28. The lowest BCUT2D eigenvalue weighted by Gasteiger charge is -2.10. The first-order valence-corrected chi connectivity index (χ1v) is 15.6. The Labute approximate surface area is 288 Å². The fraction of sp³-hybridized carbons (Fsp3) is 0.316. The Morgan fingerprint density at radius 3 is 1.35 bits per heavy atom. The summed E-state index contributed by atoms with van der Waals surface area (Å²) in [6, 6.07) is 26.1. The van der Waals surface area contributed by atoms with Crippen LogP contribution in [0.3, 0.4) is 0 Å². The average Bonchev–Trinajstić information content (AvgIpc) is 3.12. The Morgan fingerprint density at radius 1 is 0.551 bits per heavy atom. The van der Waals surface area contributed by atoms with E-state index in [1.54, 1.807) is 66.9 Å². The third-order valence-electron chi connectivity index (χ3n) is 7.10. The Bertz CT molecular complexity index is 1560. The van der Waals surface area contributed by atoms with Gasteiger partial charge in [-0.25, -0.2) is 0 Å². The van der Waals surface area contributed by atoms with Gasteiger partial charge in [-0.2, -0.15) is 0 Å². The number of rotatable bonds is 15. The highest BCUT2D eigenvalue weighted by molar-refractivity contribution is 5.78. The van der Waals surface area contributed by atoms with E-state index in [-0.39, 0.29) is 12.3 Å². The molecule has 0 aliphatic carbocycles. The van der Waals surface area contributed by atoms with Crippen molar-refractivity contribution in [3.05, 3.63) is 107 Å². The Hall–Kier alpha value is -5.42. The van der Waals surface area contributed by atoms with Gasteiger partial charge in [0.05, 0.1) is 55.5 Å². The number of carboxylic acid groups (broad SMARTS) is 1. The maximum Gasteiger partial charge on any atom is 0.307 e. The van der Waals surface area contributed by atoms with E-state index < -0.39 is 5.97 Å². The van der Waals surface area contributed by atoms with Gasteiger partial charge < -0.3 is 44.6 Å². The van der Waals surface area contributed by atoms with Gasteiger partial charge in [0.1, 0.15) is 11.5 Å². The first-order valence-electron chi connectivity index (χ1n) is 15.6. The number of nitrogens with one attached hydrogen (secondary N) is 1. The number of amides is 1. The van der Waals surface area contributed by atoms with Crippen molar-refractivity contribution in [2.45, 2.75) is 25.7 Å². The molecule has 0 aliphatic heterocycles. The number of carbonyl (C=O) groups is 2. The summed E-state index contributed by atoms with van der Waals surface area (Å²) in [5.41, 5.74) is 9.44. The topological polar surface area (TPSA) is 148 Å². The molecule has 0 aromatic heterocycles. The number of hydrogen-bond donors (Lipinski definition) is 3. The van der Waals surface area contributed by atoms with Crippen molar-refractivity contribution in [1.82, 2.24) is 5.32 Å². The van der Waals surface area contributed by atoms with Crippen molar-refractivity contribution in [3.63, 3.8) is 0 Å². The molecule has 11 heteroatoms. The van der Waals surface area contributed by atoms with Crippen LogP contribution in [0.1, 0.15) is 22.3 Å². The molecule has 0 aliphatic rings. The summed E-state index contributed by atoms with van der Waals surface area (Å²) in [5.74, 6) is 3.61. The number of carbonyl (C=O) groups excluding carboxylic acids is 1. The zero-order valence-corrected chi connectivity index (χ0v) is 29.1. The van der Waals surface area contributed by atoms with Gasteiger partial charge in [-0.1, -0.05) is 36.4 Å². The maximum absolute atomic E-state index is 12.0. The van der Waals surface area contributed by atoms with E-state index in [1.165, 1.54) is 5.56 Å². The van der Waals surface area contributed by atoms with E-state index in [0.29, 0.717) is 31.0 Å². The SMILES string of the molecule is COc1ccc(CC(=O)NCCc2ccc(OC)c(OC)c2)cc1.COc1ccc(CC(=O)O)cc1.COc1ccc(CCN)cc1OC. The Balaban J connectivity index is 0.000000281. The lowest BCUT2D eigenvalue weighted by Crippen LogP contribution is -2.27. The molecule has 4 aromatic rings. The number of aliphatic carboxylic acids is 1. The summed E-state index contributed by atoms with van der Waals surface area (Å²) in [6.07, 6.45) is 2.01. The first kappa shape index (κ1) is 39.8. The van der Waals surface area contributed by atoms with Gasteiger partial charge in [0.25, 0.3) is 0 Å². The molecule has 0 atom stereocenters. The van der Waals surface area contributed by atoms with Crippen LogP contribution >= 0.6 is 0 Å². The molecular formula is C38H48N2O9. The summed E-state index contributed by atoms with van der Waals surface area (Å²) < 4.78 is 30.8.